The Hall–Kier alpha value is -0.450. The highest BCUT2D eigenvalue weighted by molar-refractivity contribution is 7.09. The molecular formula is C13H25N3S. The molecule has 0 saturated heterocycles. The van der Waals surface area contributed by atoms with Crippen LogP contribution in [0.3, 0.4) is 0 Å². The Balaban J connectivity index is 2.22. The van der Waals surface area contributed by atoms with Crippen LogP contribution in [0.5, 0.6) is 0 Å². The smallest absolute Gasteiger partial charge is 0.0798 e. The number of likely N-dealkylation sites (N-methyl/N-ethyl adjacent to an activating group) is 1. The van der Waals surface area contributed by atoms with Crippen molar-refractivity contribution in [2.75, 3.05) is 20.1 Å². The normalized spacial score (nSPS) is 13.6. The van der Waals surface area contributed by atoms with Gasteiger partial charge in [-0.05, 0) is 26.8 Å². The molecule has 1 rings (SSSR count). The van der Waals surface area contributed by atoms with E-state index in [2.05, 4.69) is 49.9 Å². The summed E-state index contributed by atoms with van der Waals surface area (Å²) >= 11 is 1.75. The van der Waals surface area contributed by atoms with Crippen molar-refractivity contribution < 1.29 is 0 Å². The fourth-order valence-electron chi connectivity index (χ4n) is 1.52. The first-order valence-corrected chi connectivity index (χ1v) is 7.19. The standard InChI is InChI=1S/C13H25N3S/c1-10(2)11(3)14-6-7-16(5)8-13-12(4)15-9-17-13/h9-11,14H,6-8H2,1-5H3. The molecule has 0 radical (unpaired) electrons. The molecule has 4 heteroatoms. The Labute approximate surface area is 109 Å². The average Bonchev–Trinajstić information content (AvgIpc) is 2.64. The second-order valence-corrected chi connectivity index (χ2v) is 6.02. The van der Waals surface area contributed by atoms with Gasteiger partial charge in [0.25, 0.3) is 0 Å². The fraction of sp³-hybridized carbons (Fsp3) is 0.769. The van der Waals surface area contributed by atoms with E-state index in [4.69, 9.17) is 0 Å². The molecular weight excluding hydrogens is 230 g/mol. The van der Waals surface area contributed by atoms with Crippen LogP contribution in [0.15, 0.2) is 5.51 Å². The van der Waals surface area contributed by atoms with Crippen LogP contribution >= 0.6 is 11.3 Å². The maximum Gasteiger partial charge on any atom is 0.0798 e. The van der Waals surface area contributed by atoms with Crippen LogP contribution in [-0.2, 0) is 6.54 Å². The molecule has 0 fully saturated rings. The molecule has 0 aliphatic heterocycles. The predicted molar refractivity (Wildman–Crippen MR) is 75.5 cm³/mol. The lowest BCUT2D eigenvalue weighted by atomic mass is 10.1. The lowest BCUT2D eigenvalue weighted by Crippen LogP contribution is -2.36. The van der Waals surface area contributed by atoms with E-state index in [1.54, 1.807) is 11.3 Å². The van der Waals surface area contributed by atoms with Crippen LogP contribution in [0.2, 0.25) is 0 Å². The summed E-state index contributed by atoms with van der Waals surface area (Å²) in [5.74, 6) is 0.698. The van der Waals surface area contributed by atoms with Gasteiger partial charge < -0.3 is 5.32 Å². The second-order valence-electron chi connectivity index (χ2n) is 5.09. The summed E-state index contributed by atoms with van der Waals surface area (Å²) in [5, 5.41) is 3.55. The van der Waals surface area contributed by atoms with Gasteiger partial charge in [-0.2, -0.15) is 0 Å². The Morgan fingerprint density at radius 2 is 2.12 bits per heavy atom. The number of aromatic nitrogens is 1. The Morgan fingerprint density at radius 3 is 2.65 bits per heavy atom. The molecule has 0 amide bonds. The number of thiazole rings is 1. The monoisotopic (exact) mass is 255 g/mol. The zero-order valence-electron chi connectivity index (χ0n) is 11.7. The molecule has 98 valence electrons. The Morgan fingerprint density at radius 1 is 1.41 bits per heavy atom. The number of rotatable bonds is 7. The number of nitrogens with one attached hydrogen (secondary N) is 1. The first-order chi connectivity index (χ1) is 8.00. The van der Waals surface area contributed by atoms with Crippen molar-refractivity contribution in [1.29, 1.82) is 0 Å². The topological polar surface area (TPSA) is 28.2 Å². The molecule has 0 bridgehead atoms. The van der Waals surface area contributed by atoms with Gasteiger partial charge in [-0.3, -0.25) is 4.90 Å². The van der Waals surface area contributed by atoms with Gasteiger partial charge in [0.1, 0.15) is 0 Å². The van der Waals surface area contributed by atoms with Gasteiger partial charge in [-0.1, -0.05) is 13.8 Å². The van der Waals surface area contributed by atoms with Gasteiger partial charge in [0.2, 0.25) is 0 Å². The largest absolute Gasteiger partial charge is 0.313 e. The van der Waals surface area contributed by atoms with E-state index < -0.39 is 0 Å². The lowest BCUT2D eigenvalue weighted by Gasteiger charge is -2.21. The van der Waals surface area contributed by atoms with Crippen LogP contribution in [0, 0.1) is 12.8 Å². The van der Waals surface area contributed by atoms with Gasteiger partial charge in [-0.25, -0.2) is 4.98 Å². The third-order valence-electron chi connectivity index (χ3n) is 3.22. The third-order valence-corrected chi connectivity index (χ3v) is 4.14. The molecule has 17 heavy (non-hydrogen) atoms. The number of hydrogen-bond donors (Lipinski definition) is 1. The van der Waals surface area contributed by atoms with Crippen molar-refractivity contribution in [3.63, 3.8) is 0 Å². The van der Waals surface area contributed by atoms with Gasteiger partial charge in [0.15, 0.2) is 0 Å². The second kappa shape index (κ2) is 7.09. The van der Waals surface area contributed by atoms with Gasteiger partial charge in [0, 0.05) is 30.6 Å². The predicted octanol–water partition coefficient (Wildman–Crippen LogP) is 2.52. The number of hydrogen-bond acceptors (Lipinski definition) is 4. The van der Waals surface area contributed by atoms with Crippen molar-refractivity contribution in [3.05, 3.63) is 16.1 Å². The first kappa shape index (κ1) is 14.6. The molecule has 1 atom stereocenters. The highest BCUT2D eigenvalue weighted by Gasteiger charge is 2.08. The average molecular weight is 255 g/mol. The summed E-state index contributed by atoms with van der Waals surface area (Å²) in [6.45, 7) is 12.0. The molecule has 0 saturated carbocycles. The zero-order chi connectivity index (χ0) is 12.8. The third kappa shape index (κ3) is 5.15. The van der Waals surface area contributed by atoms with E-state index in [0.29, 0.717) is 12.0 Å². The van der Waals surface area contributed by atoms with E-state index in [1.165, 1.54) is 10.6 Å². The van der Waals surface area contributed by atoms with E-state index in [-0.39, 0.29) is 0 Å². The minimum atomic E-state index is 0.591. The molecule has 1 unspecified atom stereocenters. The van der Waals surface area contributed by atoms with Crippen molar-refractivity contribution in [1.82, 2.24) is 15.2 Å². The first-order valence-electron chi connectivity index (χ1n) is 6.31. The van der Waals surface area contributed by atoms with Crippen LogP contribution in [0.4, 0.5) is 0 Å². The van der Waals surface area contributed by atoms with E-state index in [0.717, 1.165) is 19.6 Å². The lowest BCUT2D eigenvalue weighted by molar-refractivity contribution is 0.310. The summed E-state index contributed by atoms with van der Waals surface area (Å²) in [6.07, 6.45) is 0. The van der Waals surface area contributed by atoms with Crippen molar-refractivity contribution in [2.45, 2.75) is 40.3 Å². The molecule has 1 aromatic rings. The number of nitrogens with zero attached hydrogens (tertiary/aromatic N) is 2. The minimum Gasteiger partial charge on any atom is -0.313 e. The highest BCUT2D eigenvalue weighted by Crippen LogP contribution is 2.13. The van der Waals surface area contributed by atoms with Crippen LogP contribution < -0.4 is 5.32 Å². The fourth-order valence-corrected chi connectivity index (χ4v) is 2.38. The molecule has 3 nitrogen and oxygen atoms in total. The van der Waals surface area contributed by atoms with Gasteiger partial charge in [-0.15, -0.1) is 11.3 Å². The molecule has 0 aliphatic carbocycles. The van der Waals surface area contributed by atoms with Crippen LogP contribution in [0.25, 0.3) is 0 Å². The Bertz CT molecular complexity index is 322. The van der Waals surface area contributed by atoms with Crippen molar-refractivity contribution in [2.24, 2.45) is 5.92 Å². The van der Waals surface area contributed by atoms with E-state index >= 15 is 0 Å². The summed E-state index contributed by atoms with van der Waals surface area (Å²) in [7, 11) is 2.17. The van der Waals surface area contributed by atoms with Gasteiger partial charge >= 0.3 is 0 Å². The number of aryl methyl sites for hydroxylation is 1. The summed E-state index contributed by atoms with van der Waals surface area (Å²) < 4.78 is 0. The van der Waals surface area contributed by atoms with E-state index in [1.807, 2.05) is 5.51 Å². The molecule has 1 N–H and O–H groups in total. The summed E-state index contributed by atoms with van der Waals surface area (Å²) in [4.78, 5) is 8.00. The molecule has 0 spiro atoms. The summed E-state index contributed by atoms with van der Waals surface area (Å²) in [6, 6.07) is 0.591. The summed E-state index contributed by atoms with van der Waals surface area (Å²) in [5.41, 5.74) is 3.10. The van der Waals surface area contributed by atoms with Crippen LogP contribution in [0.1, 0.15) is 31.3 Å². The minimum absolute atomic E-state index is 0.591. The van der Waals surface area contributed by atoms with Crippen molar-refractivity contribution >= 4 is 11.3 Å². The Kier molecular flexibility index (Phi) is 6.09. The maximum atomic E-state index is 4.28. The quantitative estimate of drug-likeness (QED) is 0.811. The molecule has 0 aliphatic rings. The van der Waals surface area contributed by atoms with E-state index in [9.17, 15) is 0 Å². The van der Waals surface area contributed by atoms with Gasteiger partial charge in [0.05, 0.1) is 11.2 Å². The molecule has 0 aromatic carbocycles. The highest BCUT2D eigenvalue weighted by atomic mass is 32.1. The molecule has 1 heterocycles. The van der Waals surface area contributed by atoms with Crippen LogP contribution in [-0.4, -0.2) is 36.1 Å². The van der Waals surface area contributed by atoms with Crippen molar-refractivity contribution in [3.8, 4) is 0 Å². The maximum absolute atomic E-state index is 4.28. The molecule has 1 aromatic heterocycles. The SMILES string of the molecule is Cc1ncsc1CN(C)CCNC(C)C(C)C. The zero-order valence-corrected chi connectivity index (χ0v) is 12.5.